The van der Waals surface area contributed by atoms with E-state index in [1.165, 1.54) is 16.7 Å². The number of hydrogen-bond acceptors (Lipinski definition) is 2. The van der Waals surface area contributed by atoms with E-state index in [1.54, 1.807) is 6.20 Å². The highest BCUT2D eigenvalue weighted by Gasteiger charge is 2.22. The average molecular weight is 306 g/mol. The summed E-state index contributed by atoms with van der Waals surface area (Å²) in [4.78, 5) is 0. The first kappa shape index (κ1) is 16.1. The molecule has 4 heteroatoms. The first-order valence-corrected chi connectivity index (χ1v) is 7.98. The number of nitrogens with zero attached hydrogens (tertiary/aromatic N) is 2. The lowest BCUT2D eigenvalue weighted by Crippen LogP contribution is -2.26. The van der Waals surface area contributed by atoms with E-state index < -0.39 is 0 Å². The molecule has 0 bridgehead atoms. The molecule has 1 N–H and O–H groups in total. The van der Waals surface area contributed by atoms with Gasteiger partial charge < -0.3 is 5.32 Å². The summed E-state index contributed by atoms with van der Waals surface area (Å²) >= 11 is 6.42. The largest absolute Gasteiger partial charge is 0.305 e. The highest BCUT2D eigenvalue weighted by atomic mass is 35.5. The molecule has 2 rings (SSSR count). The van der Waals surface area contributed by atoms with E-state index in [0.717, 1.165) is 30.2 Å². The number of nitrogens with one attached hydrogen (secondary N) is 1. The summed E-state index contributed by atoms with van der Waals surface area (Å²) in [5.41, 5.74) is 4.87. The Hall–Kier alpha value is -1.32. The SMILES string of the molecule is CCCNC(c1cc(C)ccc1C)c1c(Cl)cnn1CC. The van der Waals surface area contributed by atoms with Crippen LogP contribution in [0.15, 0.2) is 24.4 Å². The van der Waals surface area contributed by atoms with Crippen molar-refractivity contribution >= 4 is 11.6 Å². The van der Waals surface area contributed by atoms with E-state index >= 15 is 0 Å². The Morgan fingerprint density at radius 1 is 1.29 bits per heavy atom. The van der Waals surface area contributed by atoms with Crippen LogP contribution in [0.25, 0.3) is 0 Å². The lowest BCUT2D eigenvalue weighted by atomic mass is 9.96. The lowest BCUT2D eigenvalue weighted by molar-refractivity contribution is 0.528. The van der Waals surface area contributed by atoms with Crippen LogP contribution in [0.2, 0.25) is 5.02 Å². The predicted octanol–water partition coefficient (Wildman–Crippen LogP) is 4.26. The highest BCUT2D eigenvalue weighted by Crippen LogP contribution is 2.30. The predicted molar refractivity (Wildman–Crippen MR) is 89.0 cm³/mol. The van der Waals surface area contributed by atoms with Gasteiger partial charge in [0.05, 0.1) is 23.0 Å². The molecule has 0 saturated heterocycles. The van der Waals surface area contributed by atoms with Gasteiger partial charge in [-0.25, -0.2) is 0 Å². The van der Waals surface area contributed by atoms with Crippen molar-refractivity contribution in [3.8, 4) is 0 Å². The number of halogens is 1. The van der Waals surface area contributed by atoms with Gasteiger partial charge in [-0.1, -0.05) is 42.3 Å². The van der Waals surface area contributed by atoms with Crippen molar-refractivity contribution in [3.63, 3.8) is 0 Å². The van der Waals surface area contributed by atoms with Gasteiger partial charge in [0.25, 0.3) is 0 Å². The van der Waals surface area contributed by atoms with Crippen molar-refractivity contribution in [2.75, 3.05) is 6.54 Å². The van der Waals surface area contributed by atoms with Gasteiger partial charge in [-0.3, -0.25) is 4.68 Å². The third kappa shape index (κ3) is 3.47. The molecule has 0 saturated carbocycles. The van der Waals surface area contributed by atoms with Crippen LogP contribution in [-0.4, -0.2) is 16.3 Å². The number of hydrogen-bond donors (Lipinski definition) is 1. The molecule has 1 aromatic heterocycles. The van der Waals surface area contributed by atoms with Crippen molar-refractivity contribution in [2.24, 2.45) is 0 Å². The van der Waals surface area contributed by atoms with Gasteiger partial charge in [0, 0.05) is 6.54 Å². The minimum Gasteiger partial charge on any atom is -0.305 e. The Balaban J connectivity index is 2.52. The second-order valence-corrected chi connectivity index (χ2v) is 5.85. The molecular formula is C17H24ClN3. The molecule has 1 aromatic carbocycles. The molecule has 1 unspecified atom stereocenters. The minimum absolute atomic E-state index is 0.0831. The molecule has 0 aliphatic heterocycles. The topological polar surface area (TPSA) is 29.9 Å². The summed E-state index contributed by atoms with van der Waals surface area (Å²) in [5, 5.41) is 8.74. The van der Waals surface area contributed by atoms with Gasteiger partial charge in [0.2, 0.25) is 0 Å². The van der Waals surface area contributed by atoms with Crippen LogP contribution in [-0.2, 0) is 6.54 Å². The first-order chi connectivity index (χ1) is 10.1. The molecular weight excluding hydrogens is 282 g/mol. The smallest absolute Gasteiger partial charge is 0.0837 e. The molecule has 0 fully saturated rings. The van der Waals surface area contributed by atoms with Crippen LogP contribution in [0.5, 0.6) is 0 Å². The highest BCUT2D eigenvalue weighted by molar-refractivity contribution is 6.31. The van der Waals surface area contributed by atoms with E-state index in [1.807, 2.05) is 4.68 Å². The van der Waals surface area contributed by atoms with Gasteiger partial charge in [0.1, 0.15) is 0 Å². The van der Waals surface area contributed by atoms with Gasteiger partial charge in [-0.15, -0.1) is 0 Å². The second kappa shape index (κ2) is 7.10. The quantitative estimate of drug-likeness (QED) is 0.864. The molecule has 0 radical (unpaired) electrons. The summed E-state index contributed by atoms with van der Waals surface area (Å²) in [6.45, 7) is 10.3. The fourth-order valence-corrected chi connectivity index (χ4v) is 2.87. The summed E-state index contributed by atoms with van der Waals surface area (Å²) in [5.74, 6) is 0. The Morgan fingerprint density at radius 2 is 2.05 bits per heavy atom. The van der Waals surface area contributed by atoms with Crippen LogP contribution >= 0.6 is 11.6 Å². The Labute approximate surface area is 132 Å². The summed E-state index contributed by atoms with van der Waals surface area (Å²) in [7, 11) is 0. The molecule has 2 aromatic rings. The maximum absolute atomic E-state index is 6.42. The fraction of sp³-hybridized carbons (Fsp3) is 0.471. The number of aryl methyl sites for hydroxylation is 3. The summed E-state index contributed by atoms with van der Waals surface area (Å²) in [6, 6.07) is 6.64. The van der Waals surface area contributed by atoms with E-state index in [4.69, 9.17) is 11.6 Å². The van der Waals surface area contributed by atoms with E-state index in [-0.39, 0.29) is 6.04 Å². The van der Waals surface area contributed by atoms with Crippen LogP contribution in [0.1, 0.15) is 48.7 Å². The molecule has 1 atom stereocenters. The zero-order valence-corrected chi connectivity index (χ0v) is 14.0. The third-order valence-electron chi connectivity index (χ3n) is 3.75. The van der Waals surface area contributed by atoms with Crippen molar-refractivity contribution in [3.05, 3.63) is 51.8 Å². The van der Waals surface area contributed by atoms with Crippen molar-refractivity contribution < 1.29 is 0 Å². The number of benzene rings is 1. The third-order valence-corrected chi connectivity index (χ3v) is 4.04. The molecule has 1 heterocycles. The Kier molecular flexibility index (Phi) is 5.43. The zero-order chi connectivity index (χ0) is 15.4. The van der Waals surface area contributed by atoms with E-state index in [9.17, 15) is 0 Å². The molecule has 0 aliphatic carbocycles. The van der Waals surface area contributed by atoms with E-state index in [2.05, 4.69) is 56.3 Å². The van der Waals surface area contributed by atoms with Crippen LogP contribution in [0, 0.1) is 13.8 Å². The summed E-state index contributed by atoms with van der Waals surface area (Å²) < 4.78 is 1.98. The van der Waals surface area contributed by atoms with Crippen LogP contribution < -0.4 is 5.32 Å². The average Bonchev–Trinajstić information content (AvgIpc) is 2.84. The van der Waals surface area contributed by atoms with Crippen molar-refractivity contribution in [1.29, 1.82) is 0 Å². The standard InChI is InChI=1S/C17H24ClN3/c1-5-9-19-16(14-10-12(3)7-8-13(14)4)17-15(18)11-20-21(17)6-2/h7-8,10-11,16,19H,5-6,9H2,1-4H3. The van der Waals surface area contributed by atoms with Crippen LogP contribution in [0.3, 0.4) is 0 Å². The molecule has 114 valence electrons. The first-order valence-electron chi connectivity index (χ1n) is 7.60. The maximum atomic E-state index is 6.42. The molecule has 0 amide bonds. The minimum atomic E-state index is 0.0831. The normalized spacial score (nSPS) is 12.6. The molecule has 3 nitrogen and oxygen atoms in total. The Bertz CT molecular complexity index is 604. The molecule has 0 aliphatic rings. The number of rotatable bonds is 6. The van der Waals surface area contributed by atoms with Crippen molar-refractivity contribution in [1.82, 2.24) is 15.1 Å². The van der Waals surface area contributed by atoms with Crippen molar-refractivity contribution in [2.45, 2.75) is 46.7 Å². The van der Waals surface area contributed by atoms with E-state index in [0.29, 0.717) is 0 Å². The fourth-order valence-electron chi connectivity index (χ4n) is 2.62. The van der Waals surface area contributed by atoms with Crippen LogP contribution in [0.4, 0.5) is 0 Å². The maximum Gasteiger partial charge on any atom is 0.0837 e. The second-order valence-electron chi connectivity index (χ2n) is 5.44. The zero-order valence-electron chi connectivity index (χ0n) is 13.3. The van der Waals surface area contributed by atoms with Gasteiger partial charge in [-0.2, -0.15) is 5.10 Å². The van der Waals surface area contributed by atoms with Gasteiger partial charge >= 0.3 is 0 Å². The number of aromatic nitrogens is 2. The molecule has 21 heavy (non-hydrogen) atoms. The lowest BCUT2D eigenvalue weighted by Gasteiger charge is -2.23. The van der Waals surface area contributed by atoms with Gasteiger partial charge in [0.15, 0.2) is 0 Å². The molecule has 0 spiro atoms. The monoisotopic (exact) mass is 305 g/mol. The Morgan fingerprint density at radius 3 is 2.71 bits per heavy atom. The van der Waals surface area contributed by atoms with Gasteiger partial charge in [-0.05, 0) is 44.9 Å². The summed E-state index contributed by atoms with van der Waals surface area (Å²) in [6.07, 6.45) is 2.82.